The lowest BCUT2D eigenvalue weighted by Crippen LogP contribution is -2.09. The van der Waals surface area contributed by atoms with Gasteiger partial charge in [-0.2, -0.15) is 4.79 Å². The highest BCUT2D eigenvalue weighted by atomic mass is 19.2. The molecule has 1 heterocycles. The molecule has 1 aromatic heterocycles. The second kappa shape index (κ2) is 4.04. The summed E-state index contributed by atoms with van der Waals surface area (Å²) in [5.74, 6) is -0.575. The van der Waals surface area contributed by atoms with E-state index in [2.05, 4.69) is 0 Å². The Labute approximate surface area is 87.8 Å². The van der Waals surface area contributed by atoms with Crippen LogP contribution >= 0.6 is 0 Å². The summed E-state index contributed by atoms with van der Waals surface area (Å²) in [4.78, 5) is 11.9. The summed E-state index contributed by atoms with van der Waals surface area (Å²) in [5, 5.41) is 0. The summed E-state index contributed by atoms with van der Waals surface area (Å²) in [7, 11) is 0. The van der Waals surface area contributed by atoms with Crippen LogP contribution < -0.4 is 0 Å². The number of hydrogen-bond acceptors (Lipinski definition) is 2. The Morgan fingerprint density at radius 1 is 1.53 bits per heavy atom. The van der Waals surface area contributed by atoms with E-state index in [0.717, 1.165) is 24.8 Å². The third-order valence-electron chi connectivity index (χ3n) is 2.72. The van der Waals surface area contributed by atoms with Crippen molar-refractivity contribution in [2.75, 3.05) is 6.61 Å². The van der Waals surface area contributed by atoms with Crippen molar-refractivity contribution in [2.45, 2.75) is 32.6 Å². The first kappa shape index (κ1) is 10.2. The summed E-state index contributed by atoms with van der Waals surface area (Å²) in [6, 6.07) is 1.62. The predicted molar refractivity (Wildman–Crippen MR) is 53.5 cm³/mol. The zero-order chi connectivity index (χ0) is 10.8. The van der Waals surface area contributed by atoms with Crippen LogP contribution in [0.5, 0.6) is 0 Å². The Bertz CT molecular complexity index is 384. The van der Waals surface area contributed by atoms with Crippen molar-refractivity contribution in [3.05, 3.63) is 23.0 Å². The van der Waals surface area contributed by atoms with Crippen LogP contribution in [0.1, 0.15) is 41.5 Å². The van der Waals surface area contributed by atoms with Gasteiger partial charge in [0.15, 0.2) is 5.69 Å². The van der Waals surface area contributed by atoms with E-state index in [1.807, 2.05) is 0 Å². The maximum atomic E-state index is 13.7. The molecule has 0 saturated carbocycles. The lowest BCUT2D eigenvalue weighted by atomic mass is 9.98. The highest BCUT2D eigenvalue weighted by Gasteiger charge is 2.22. The van der Waals surface area contributed by atoms with Gasteiger partial charge >= 0.3 is 5.97 Å². The van der Waals surface area contributed by atoms with Gasteiger partial charge in [0.05, 0.1) is 12.3 Å². The lowest BCUT2D eigenvalue weighted by molar-refractivity contribution is 0.0500. The minimum absolute atomic E-state index is 0.0313. The Balaban J connectivity index is 2.32. The quantitative estimate of drug-likeness (QED) is 0.703. The first-order chi connectivity index (χ1) is 7.24. The molecule has 0 aliphatic heterocycles. The summed E-state index contributed by atoms with van der Waals surface area (Å²) in [5.41, 5.74) is 1.62. The summed E-state index contributed by atoms with van der Waals surface area (Å²) < 4.78 is 18.5. The zero-order valence-electron chi connectivity index (χ0n) is 8.75. The van der Waals surface area contributed by atoms with E-state index in [1.54, 1.807) is 13.0 Å². The van der Waals surface area contributed by atoms with Gasteiger partial charge in [-0.05, 0) is 44.2 Å². The molecule has 3 nitrogen and oxygen atoms in total. The Hall–Kier alpha value is -1.32. The minimum Gasteiger partial charge on any atom is -0.461 e. The fourth-order valence-electron chi connectivity index (χ4n) is 2.00. The minimum atomic E-state index is -0.575. The number of esters is 1. The Morgan fingerprint density at radius 2 is 2.27 bits per heavy atom. The second-order valence-corrected chi connectivity index (χ2v) is 3.71. The van der Waals surface area contributed by atoms with Crippen LogP contribution in [0.25, 0.3) is 0 Å². The number of ether oxygens (including phenoxy) is 1. The number of aromatic nitrogens is 1. The Kier molecular flexibility index (Phi) is 2.75. The molecule has 1 aliphatic carbocycles. The summed E-state index contributed by atoms with van der Waals surface area (Å²) >= 11 is 0. The van der Waals surface area contributed by atoms with Crippen molar-refractivity contribution in [1.29, 1.82) is 0 Å². The number of carbonyl (C=O) groups excluding carboxylic acids is 1. The SMILES string of the molecule is CCOC(=O)c1cc2c(n1F)CCCC2. The maximum absolute atomic E-state index is 13.7. The number of halogens is 1. The van der Waals surface area contributed by atoms with Gasteiger partial charge in [-0.1, -0.05) is 4.48 Å². The smallest absolute Gasteiger partial charge is 0.357 e. The molecule has 1 aromatic rings. The molecule has 0 radical (unpaired) electrons. The number of aryl methyl sites for hydroxylation is 1. The van der Waals surface area contributed by atoms with E-state index in [9.17, 15) is 9.28 Å². The molecule has 0 N–H and O–H groups in total. The van der Waals surface area contributed by atoms with Crippen LogP contribution in [-0.4, -0.2) is 17.4 Å². The van der Waals surface area contributed by atoms with E-state index in [0.29, 0.717) is 16.9 Å². The zero-order valence-corrected chi connectivity index (χ0v) is 8.75. The van der Waals surface area contributed by atoms with Crippen molar-refractivity contribution < 1.29 is 14.0 Å². The molecule has 2 rings (SSSR count). The molecule has 4 heteroatoms. The third kappa shape index (κ3) is 1.76. The predicted octanol–water partition coefficient (Wildman–Crippen LogP) is 2.28. The fourth-order valence-corrected chi connectivity index (χ4v) is 2.00. The van der Waals surface area contributed by atoms with Gasteiger partial charge < -0.3 is 4.74 Å². The second-order valence-electron chi connectivity index (χ2n) is 3.71. The van der Waals surface area contributed by atoms with E-state index in [4.69, 9.17) is 4.74 Å². The van der Waals surface area contributed by atoms with E-state index >= 15 is 0 Å². The highest BCUT2D eigenvalue weighted by Crippen LogP contribution is 2.25. The van der Waals surface area contributed by atoms with Crippen molar-refractivity contribution >= 4 is 5.97 Å². The van der Waals surface area contributed by atoms with E-state index in [-0.39, 0.29) is 12.3 Å². The molecule has 0 atom stereocenters. The first-order valence-corrected chi connectivity index (χ1v) is 5.30. The normalized spacial score (nSPS) is 14.8. The first-order valence-electron chi connectivity index (χ1n) is 5.30. The maximum Gasteiger partial charge on any atom is 0.357 e. The van der Waals surface area contributed by atoms with Crippen LogP contribution in [0.15, 0.2) is 6.07 Å². The number of carbonyl (C=O) groups is 1. The van der Waals surface area contributed by atoms with E-state index < -0.39 is 5.97 Å². The largest absolute Gasteiger partial charge is 0.461 e. The van der Waals surface area contributed by atoms with Gasteiger partial charge in [0.2, 0.25) is 0 Å². The van der Waals surface area contributed by atoms with Gasteiger partial charge in [0.25, 0.3) is 0 Å². The molecular formula is C11H14FNO2. The molecule has 0 amide bonds. The summed E-state index contributed by atoms with van der Waals surface area (Å²) in [6.45, 7) is 1.98. The molecule has 0 bridgehead atoms. The average Bonchev–Trinajstić information content (AvgIpc) is 2.57. The van der Waals surface area contributed by atoms with Crippen molar-refractivity contribution in [3.8, 4) is 0 Å². The molecule has 1 aliphatic rings. The third-order valence-corrected chi connectivity index (χ3v) is 2.72. The number of fused-ring (bicyclic) bond motifs is 1. The standard InChI is InChI=1S/C11H14FNO2/c1-2-15-11(14)10-7-8-5-3-4-6-9(8)13(10)12/h7H,2-6H2,1H3. The van der Waals surface area contributed by atoms with Gasteiger partial charge in [-0.3, -0.25) is 0 Å². The fraction of sp³-hybridized carbons (Fsp3) is 0.545. The summed E-state index contributed by atoms with van der Waals surface area (Å²) in [6.07, 6.45) is 3.63. The number of nitrogens with zero attached hydrogens (tertiary/aromatic N) is 1. The molecule has 15 heavy (non-hydrogen) atoms. The van der Waals surface area contributed by atoms with Crippen LogP contribution in [0.2, 0.25) is 0 Å². The molecular weight excluding hydrogens is 197 g/mol. The van der Waals surface area contributed by atoms with Crippen LogP contribution in [0.3, 0.4) is 0 Å². The van der Waals surface area contributed by atoms with Gasteiger partial charge in [-0.15, -0.1) is 0 Å². The Morgan fingerprint density at radius 3 is 2.93 bits per heavy atom. The van der Waals surface area contributed by atoms with E-state index in [1.165, 1.54) is 0 Å². The average molecular weight is 211 g/mol. The number of rotatable bonds is 2. The van der Waals surface area contributed by atoms with Crippen molar-refractivity contribution in [1.82, 2.24) is 4.79 Å². The topological polar surface area (TPSA) is 31.2 Å². The molecule has 82 valence electrons. The van der Waals surface area contributed by atoms with Crippen molar-refractivity contribution in [3.63, 3.8) is 0 Å². The lowest BCUT2D eigenvalue weighted by Gasteiger charge is -2.10. The van der Waals surface area contributed by atoms with Crippen LogP contribution in [0, 0.1) is 0 Å². The van der Waals surface area contributed by atoms with Crippen LogP contribution in [0.4, 0.5) is 4.48 Å². The van der Waals surface area contributed by atoms with Crippen LogP contribution in [-0.2, 0) is 17.6 Å². The van der Waals surface area contributed by atoms with Gasteiger partial charge in [-0.25, -0.2) is 4.79 Å². The van der Waals surface area contributed by atoms with Gasteiger partial charge in [0.1, 0.15) is 0 Å². The molecule has 0 spiro atoms. The monoisotopic (exact) mass is 211 g/mol. The van der Waals surface area contributed by atoms with Gasteiger partial charge in [0, 0.05) is 0 Å². The number of hydrogen-bond donors (Lipinski definition) is 0. The molecule has 0 unspecified atom stereocenters. The molecule has 0 saturated heterocycles. The molecule has 0 aromatic carbocycles. The van der Waals surface area contributed by atoms with Crippen molar-refractivity contribution in [2.24, 2.45) is 0 Å². The molecule has 0 fully saturated rings. The highest BCUT2D eigenvalue weighted by molar-refractivity contribution is 5.88.